The molecule has 2 aromatic rings. The molecule has 0 heterocycles. The summed E-state index contributed by atoms with van der Waals surface area (Å²) >= 11 is 0. The molecule has 0 bridgehead atoms. The minimum Gasteiger partial charge on any atom is -0.363 e. The van der Waals surface area contributed by atoms with E-state index in [0.29, 0.717) is 5.69 Å². The number of benzene rings is 2. The number of aryl methyl sites for hydroxylation is 3. The second-order valence-corrected chi connectivity index (χ2v) is 6.41. The van der Waals surface area contributed by atoms with Gasteiger partial charge in [0.25, 0.3) is 0 Å². The molecule has 0 aliphatic heterocycles. The van der Waals surface area contributed by atoms with E-state index < -0.39 is 5.82 Å². The van der Waals surface area contributed by atoms with Crippen LogP contribution in [0.25, 0.3) is 0 Å². The van der Waals surface area contributed by atoms with E-state index in [4.69, 9.17) is 0 Å². The Bertz CT molecular complexity index is 797. The van der Waals surface area contributed by atoms with Gasteiger partial charge in [-0.25, -0.2) is 4.39 Å². The molecular weight excluding hydrogens is 333 g/mol. The predicted molar refractivity (Wildman–Crippen MR) is 102 cm³/mol. The number of nitrogens with one attached hydrogen (secondary N) is 2. The van der Waals surface area contributed by atoms with E-state index in [0.717, 1.165) is 22.4 Å². The lowest BCUT2D eigenvalue weighted by Gasteiger charge is -2.19. The standard InChI is InChI=1S/C20H24FN3O2/c1-13-9-14(2)20(15(3)10-13)23-18(25)11-22-19(26)12-24(4)17-8-6-5-7-16(17)21/h5-10H,11-12H2,1-4H3,(H,22,26)(H,23,25). The van der Waals surface area contributed by atoms with Crippen LogP contribution in [0, 0.1) is 26.6 Å². The molecule has 2 N–H and O–H groups in total. The van der Waals surface area contributed by atoms with E-state index in [1.54, 1.807) is 25.2 Å². The van der Waals surface area contributed by atoms with E-state index in [2.05, 4.69) is 10.6 Å². The number of hydrogen-bond donors (Lipinski definition) is 2. The van der Waals surface area contributed by atoms with Gasteiger partial charge < -0.3 is 15.5 Å². The Morgan fingerprint density at radius 1 is 1.04 bits per heavy atom. The van der Waals surface area contributed by atoms with Crippen molar-refractivity contribution in [2.24, 2.45) is 0 Å². The van der Waals surface area contributed by atoms with Crippen molar-refractivity contribution in [1.29, 1.82) is 0 Å². The summed E-state index contributed by atoms with van der Waals surface area (Å²) in [5.41, 5.74) is 4.17. The third-order valence-corrected chi connectivity index (χ3v) is 4.03. The van der Waals surface area contributed by atoms with Gasteiger partial charge in [0.1, 0.15) is 5.82 Å². The highest BCUT2D eigenvalue weighted by Crippen LogP contribution is 2.21. The number of para-hydroxylation sites is 1. The van der Waals surface area contributed by atoms with Crippen molar-refractivity contribution < 1.29 is 14.0 Å². The molecule has 0 atom stereocenters. The smallest absolute Gasteiger partial charge is 0.243 e. The number of likely N-dealkylation sites (N-methyl/N-ethyl adjacent to an activating group) is 1. The zero-order valence-corrected chi connectivity index (χ0v) is 15.5. The van der Waals surface area contributed by atoms with Gasteiger partial charge in [-0.2, -0.15) is 0 Å². The number of carbonyl (C=O) groups excluding carboxylic acids is 2. The van der Waals surface area contributed by atoms with Crippen LogP contribution in [0.15, 0.2) is 36.4 Å². The van der Waals surface area contributed by atoms with Gasteiger partial charge in [0.15, 0.2) is 0 Å². The number of rotatable bonds is 6. The van der Waals surface area contributed by atoms with Crippen LogP contribution in [0.4, 0.5) is 15.8 Å². The zero-order valence-electron chi connectivity index (χ0n) is 15.5. The molecule has 2 amide bonds. The van der Waals surface area contributed by atoms with Crippen molar-refractivity contribution in [2.45, 2.75) is 20.8 Å². The molecule has 6 heteroatoms. The van der Waals surface area contributed by atoms with Gasteiger partial charge in [-0.3, -0.25) is 9.59 Å². The quantitative estimate of drug-likeness (QED) is 0.836. The number of anilines is 2. The van der Waals surface area contributed by atoms with Gasteiger partial charge in [-0.15, -0.1) is 0 Å². The highest BCUT2D eigenvalue weighted by atomic mass is 19.1. The Hall–Kier alpha value is -2.89. The van der Waals surface area contributed by atoms with Gasteiger partial charge >= 0.3 is 0 Å². The van der Waals surface area contributed by atoms with E-state index in [1.807, 2.05) is 32.9 Å². The third kappa shape index (κ3) is 5.05. The third-order valence-electron chi connectivity index (χ3n) is 4.03. The van der Waals surface area contributed by atoms with E-state index >= 15 is 0 Å². The maximum absolute atomic E-state index is 13.7. The number of hydrogen-bond acceptors (Lipinski definition) is 3. The average molecular weight is 357 g/mol. The molecule has 138 valence electrons. The second-order valence-electron chi connectivity index (χ2n) is 6.41. The first-order chi connectivity index (χ1) is 12.3. The molecule has 26 heavy (non-hydrogen) atoms. The maximum Gasteiger partial charge on any atom is 0.243 e. The summed E-state index contributed by atoms with van der Waals surface area (Å²) in [4.78, 5) is 25.6. The van der Waals surface area contributed by atoms with E-state index in [9.17, 15) is 14.0 Å². The van der Waals surface area contributed by atoms with Gasteiger partial charge in [0, 0.05) is 12.7 Å². The van der Waals surface area contributed by atoms with Gasteiger partial charge in [-0.05, 0) is 44.0 Å². The molecule has 2 aromatic carbocycles. The van der Waals surface area contributed by atoms with Crippen molar-refractivity contribution in [3.8, 4) is 0 Å². The number of carbonyl (C=O) groups is 2. The lowest BCUT2D eigenvalue weighted by Crippen LogP contribution is -2.39. The summed E-state index contributed by atoms with van der Waals surface area (Å²) in [6.45, 7) is 5.67. The number of halogens is 1. The van der Waals surface area contributed by atoms with E-state index in [-0.39, 0.29) is 24.9 Å². The minimum absolute atomic E-state index is 0.0448. The summed E-state index contributed by atoms with van der Waals surface area (Å²) in [5.74, 6) is -1.06. The Labute approximate surface area is 153 Å². The van der Waals surface area contributed by atoms with Crippen LogP contribution < -0.4 is 15.5 Å². The molecule has 0 spiro atoms. The fraction of sp³-hybridized carbons (Fsp3) is 0.300. The molecule has 0 aliphatic carbocycles. The molecule has 5 nitrogen and oxygen atoms in total. The van der Waals surface area contributed by atoms with Crippen LogP contribution >= 0.6 is 0 Å². The molecule has 0 fully saturated rings. The molecule has 2 rings (SSSR count). The molecule has 0 saturated heterocycles. The van der Waals surface area contributed by atoms with Crippen LogP contribution in [0.2, 0.25) is 0 Å². The summed E-state index contributed by atoms with van der Waals surface area (Å²) < 4.78 is 13.7. The van der Waals surface area contributed by atoms with E-state index in [1.165, 1.54) is 11.0 Å². The molecule has 0 saturated carbocycles. The Kier molecular flexibility index (Phi) is 6.33. The molecule has 0 aromatic heterocycles. The first kappa shape index (κ1) is 19.4. The topological polar surface area (TPSA) is 61.4 Å². The lowest BCUT2D eigenvalue weighted by molar-refractivity contribution is -0.123. The molecule has 0 unspecified atom stereocenters. The van der Waals surface area contributed by atoms with Gasteiger partial charge in [0.2, 0.25) is 11.8 Å². The largest absolute Gasteiger partial charge is 0.363 e. The molecule has 0 aliphatic rings. The Morgan fingerprint density at radius 3 is 2.27 bits per heavy atom. The minimum atomic E-state index is -0.397. The Morgan fingerprint density at radius 2 is 1.65 bits per heavy atom. The Balaban J connectivity index is 1.87. The highest BCUT2D eigenvalue weighted by molar-refractivity contribution is 5.96. The first-order valence-corrected chi connectivity index (χ1v) is 8.38. The lowest BCUT2D eigenvalue weighted by atomic mass is 10.1. The van der Waals surface area contributed by atoms with Crippen molar-refractivity contribution in [3.05, 3.63) is 58.9 Å². The molecular formula is C20H24FN3O2. The SMILES string of the molecule is Cc1cc(C)c(NC(=O)CNC(=O)CN(C)c2ccccc2F)c(C)c1. The maximum atomic E-state index is 13.7. The summed E-state index contributed by atoms with van der Waals surface area (Å²) in [5, 5.41) is 5.39. The average Bonchev–Trinajstić information content (AvgIpc) is 2.56. The zero-order chi connectivity index (χ0) is 19.3. The van der Waals surface area contributed by atoms with Gasteiger partial charge in [-0.1, -0.05) is 29.8 Å². The van der Waals surface area contributed by atoms with Crippen LogP contribution in [-0.4, -0.2) is 32.0 Å². The van der Waals surface area contributed by atoms with Gasteiger partial charge in [0.05, 0.1) is 18.8 Å². The second kappa shape index (κ2) is 8.47. The molecule has 0 radical (unpaired) electrons. The monoisotopic (exact) mass is 357 g/mol. The first-order valence-electron chi connectivity index (χ1n) is 8.38. The van der Waals surface area contributed by atoms with Crippen molar-refractivity contribution >= 4 is 23.2 Å². The van der Waals surface area contributed by atoms with Crippen molar-refractivity contribution in [1.82, 2.24) is 5.32 Å². The normalized spacial score (nSPS) is 10.3. The predicted octanol–water partition coefficient (Wildman–Crippen LogP) is 2.94. The van der Waals surface area contributed by atoms with Crippen LogP contribution in [0.5, 0.6) is 0 Å². The highest BCUT2D eigenvalue weighted by Gasteiger charge is 2.13. The van der Waals surface area contributed by atoms with Crippen molar-refractivity contribution in [2.75, 3.05) is 30.4 Å². The summed E-state index contributed by atoms with van der Waals surface area (Å²) in [6, 6.07) is 10.2. The number of amides is 2. The fourth-order valence-corrected chi connectivity index (χ4v) is 2.86. The van der Waals surface area contributed by atoms with Crippen LogP contribution in [-0.2, 0) is 9.59 Å². The fourth-order valence-electron chi connectivity index (χ4n) is 2.86. The summed E-state index contributed by atoms with van der Waals surface area (Å²) in [7, 11) is 1.62. The van der Waals surface area contributed by atoms with Crippen LogP contribution in [0.3, 0.4) is 0 Å². The number of nitrogens with zero attached hydrogens (tertiary/aromatic N) is 1. The van der Waals surface area contributed by atoms with Crippen LogP contribution in [0.1, 0.15) is 16.7 Å². The summed E-state index contributed by atoms with van der Waals surface area (Å²) in [6.07, 6.45) is 0. The van der Waals surface area contributed by atoms with Crippen molar-refractivity contribution in [3.63, 3.8) is 0 Å².